The van der Waals surface area contributed by atoms with Gasteiger partial charge in [-0.2, -0.15) is 0 Å². The lowest BCUT2D eigenvalue weighted by molar-refractivity contribution is 0.0990. The maximum absolute atomic E-state index is 5.55. The molecule has 0 aliphatic heterocycles. The van der Waals surface area contributed by atoms with E-state index < -0.39 is 0 Å². The molecule has 4 nitrogen and oxygen atoms in total. The number of nitrogens with one attached hydrogen (secondary N) is 1. The summed E-state index contributed by atoms with van der Waals surface area (Å²) in [5.41, 5.74) is 1.22. The van der Waals surface area contributed by atoms with Crippen LogP contribution >= 0.6 is 0 Å². The van der Waals surface area contributed by atoms with Gasteiger partial charge in [-0.1, -0.05) is 6.92 Å². The zero-order valence-electron chi connectivity index (χ0n) is 11.0. The Morgan fingerprint density at radius 1 is 1.33 bits per heavy atom. The molecule has 1 aromatic rings. The molecule has 0 bridgehead atoms. The van der Waals surface area contributed by atoms with Crippen molar-refractivity contribution in [2.24, 2.45) is 0 Å². The van der Waals surface area contributed by atoms with Crippen molar-refractivity contribution in [2.75, 3.05) is 19.8 Å². The van der Waals surface area contributed by atoms with Crippen LogP contribution < -0.4 is 10.1 Å². The second kappa shape index (κ2) is 7.34. The molecule has 1 heterocycles. The molecule has 0 unspecified atom stereocenters. The third-order valence-electron chi connectivity index (χ3n) is 2.80. The third kappa shape index (κ3) is 5.02. The van der Waals surface area contributed by atoms with Crippen LogP contribution in [0.3, 0.4) is 0 Å². The van der Waals surface area contributed by atoms with E-state index >= 15 is 0 Å². The second-order valence-corrected chi connectivity index (χ2v) is 4.62. The predicted octanol–water partition coefficient (Wildman–Crippen LogP) is 2.14. The van der Waals surface area contributed by atoms with E-state index in [-0.39, 0.29) is 0 Å². The van der Waals surface area contributed by atoms with E-state index in [1.165, 1.54) is 18.4 Å². The summed E-state index contributed by atoms with van der Waals surface area (Å²) in [5, 5.41) is 3.48. The summed E-state index contributed by atoms with van der Waals surface area (Å²) in [4.78, 5) is 4.19. The standard InChI is InChI=1S/C14H22N2O2/c1-2-7-17-8-9-18-14-10-12(5-6-15-14)11-16-13-3-4-13/h5-6,10,13,16H,2-4,7-9,11H2,1H3. The van der Waals surface area contributed by atoms with Gasteiger partial charge in [0.25, 0.3) is 0 Å². The highest BCUT2D eigenvalue weighted by Crippen LogP contribution is 2.19. The minimum atomic E-state index is 0.562. The molecule has 1 N–H and O–H groups in total. The van der Waals surface area contributed by atoms with Crippen LogP contribution in [0.1, 0.15) is 31.7 Å². The fourth-order valence-electron chi connectivity index (χ4n) is 1.64. The minimum Gasteiger partial charge on any atom is -0.475 e. The van der Waals surface area contributed by atoms with Crippen molar-refractivity contribution in [3.05, 3.63) is 23.9 Å². The first-order chi connectivity index (χ1) is 8.88. The highest BCUT2D eigenvalue weighted by atomic mass is 16.5. The summed E-state index contributed by atoms with van der Waals surface area (Å²) < 4.78 is 10.9. The summed E-state index contributed by atoms with van der Waals surface area (Å²) in [5.74, 6) is 0.685. The average molecular weight is 250 g/mol. The highest BCUT2D eigenvalue weighted by Gasteiger charge is 2.19. The molecular weight excluding hydrogens is 228 g/mol. The molecule has 0 amide bonds. The summed E-state index contributed by atoms with van der Waals surface area (Å²) in [6.45, 7) is 4.98. The fraction of sp³-hybridized carbons (Fsp3) is 0.643. The molecule has 0 atom stereocenters. The highest BCUT2D eigenvalue weighted by molar-refractivity contribution is 5.20. The topological polar surface area (TPSA) is 43.4 Å². The fourth-order valence-corrected chi connectivity index (χ4v) is 1.64. The Morgan fingerprint density at radius 3 is 3.00 bits per heavy atom. The number of nitrogens with zero attached hydrogens (tertiary/aromatic N) is 1. The first kappa shape index (κ1) is 13.3. The predicted molar refractivity (Wildman–Crippen MR) is 70.7 cm³/mol. The Hall–Kier alpha value is -1.13. The number of hydrogen-bond acceptors (Lipinski definition) is 4. The van der Waals surface area contributed by atoms with Crippen molar-refractivity contribution in [1.82, 2.24) is 10.3 Å². The summed E-state index contributed by atoms with van der Waals surface area (Å²) in [6, 6.07) is 4.75. The van der Waals surface area contributed by atoms with E-state index in [0.29, 0.717) is 19.1 Å². The normalized spacial score (nSPS) is 14.7. The van der Waals surface area contributed by atoms with Gasteiger partial charge in [0.05, 0.1) is 6.61 Å². The zero-order valence-corrected chi connectivity index (χ0v) is 11.0. The zero-order chi connectivity index (χ0) is 12.6. The van der Waals surface area contributed by atoms with Gasteiger partial charge >= 0.3 is 0 Å². The molecule has 1 fully saturated rings. The Kier molecular flexibility index (Phi) is 5.42. The van der Waals surface area contributed by atoms with Gasteiger partial charge in [0, 0.05) is 31.5 Å². The largest absolute Gasteiger partial charge is 0.475 e. The van der Waals surface area contributed by atoms with Crippen LogP contribution in [0.5, 0.6) is 5.88 Å². The van der Waals surface area contributed by atoms with Crippen molar-refractivity contribution in [3.63, 3.8) is 0 Å². The molecule has 4 heteroatoms. The Bertz CT molecular complexity index is 353. The van der Waals surface area contributed by atoms with Crippen LogP contribution in [0.25, 0.3) is 0 Å². The lowest BCUT2D eigenvalue weighted by Gasteiger charge is -2.08. The van der Waals surface area contributed by atoms with E-state index in [1.807, 2.05) is 12.1 Å². The Morgan fingerprint density at radius 2 is 2.22 bits per heavy atom. The lowest BCUT2D eigenvalue weighted by atomic mass is 10.2. The molecule has 1 saturated carbocycles. The Balaban J connectivity index is 1.68. The van der Waals surface area contributed by atoms with Gasteiger partial charge in [-0.25, -0.2) is 4.98 Å². The van der Waals surface area contributed by atoms with Crippen LogP contribution in [0.4, 0.5) is 0 Å². The lowest BCUT2D eigenvalue weighted by Crippen LogP contribution is -2.15. The van der Waals surface area contributed by atoms with Crippen molar-refractivity contribution < 1.29 is 9.47 Å². The number of aromatic nitrogens is 1. The van der Waals surface area contributed by atoms with Gasteiger partial charge in [0.2, 0.25) is 5.88 Å². The van der Waals surface area contributed by atoms with Crippen molar-refractivity contribution in [3.8, 4) is 5.88 Å². The summed E-state index contributed by atoms with van der Waals surface area (Å²) in [6.07, 6.45) is 5.46. The smallest absolute Gasteiger partial charge is 0.213 e. The molecule has 1 aromatic heterocycles. The van der Waals surface area contributed by atoms with E-state index in [0.717, 1.165) is 25.6 Å². The molecule has 0 saturated heterocycles. The van der Waals surface area contributed by atoms with Crippen molar-refractivity contribution in [1.29, 1.82) is 0 Å². The molecule has 0 spiro atoms. The monoisotopic (exact) mass is 250 g/mol. The van der Waals surface area contributed by atoms with E-state index in [4.69, 9.17) is 9.47 Å². The van der Waals surface area contributed by atoms with E-state index in [1.54, 1.807) is 6.20 Å². The molecule has 100 valence electrons. The molecule has 0 aromatic carbocycles. The first-order valence-corrected chi connectivity index (χ1v) is 6.77. The third-order valence-corrected chi connectivity index (χ3v) is 2.80. The first-order valence-electron chi connectivity index (χ1n) is 6.77. The molecule has 18 heavy (non-hydrogen) atoms. The molecule has 0 radical (unpaired) electrons. The van der Waals surface area contributed by atoms with Gasteiger partial charge in [0.1, 0.15) is 6.61 Å². The van der Waals surface area contributed by atoms with Crippen LogP contribution in [0.15, 0.2) is 18.3 Å². The van der Waals surface area contributed by atoms with Gasteiger partial charge < -0.3 is 14.8 Å². The quantitative estimate of drug-likeness (QED) is 0.682. The SMILES string of the molecule is CCCOCCOc1cc(CNC2CC2)ccn1. The maximum Gasteiger partial charge on any atom is 0.213 e. The van der Waals surface area contributed by atoms with Crippen LogP contribution in [-0.4, -0.2) is 30.8 Å². The Labute approximate surface area is 109 Å². The van der Waals surface area contributed by atoms with Crippen LogP contribution in [0, 0.1) is 0 Å². The van der Waals surface area contributed by atoms with Crippen LogP contribution in [-0.2, 0) is 11.3 Å². The van der Waals surface area contributed by atoms with Crippen LogP contribution in [0.2, 0.25) is 0 Å². The maximum atomic E-state index is 5.55. The minimum absolute atomic E-state index is 0.562. The number of pyridine rings is 1. The van der Waals surface area contributed by atoms with Gasteiger partial charge in [-0.15, -0.1) is 0 Å². The second-order valence-electron chi connectivity index (χ2n) is 4.62. The summed E-state index contributed by atoms with van der Waals surface area (Å²) >= 11 is 0. The number of hydrogen-bond donors (Lipinski definition) is 1. The summed E-state index contributed by atoms with van der Waals surface area (Å²) in [7, 11) is 0. The van der Waals surface area contributed by atoms with Gasteiger partial charge in [-0.05, 0) is 30.9 Å². The molecular formula is C14H22N2O2. The van der Waals surface area contributed by atoms with E-state index in [2.05, 4.69) is 17.2 Å². The molecule has 1 aliphatic carbocycles. The van der Waals surface area contributed by atoms with Crippen molar-refractivity contribution in [2.45, 2.75) is 38.8 Å². The number of rotatable bonds is 9. The number of ether oxygens (including phenoxy) is 2. The molecule has 1 aliphatic rings. The van der Waals surface area contributed by atoms with E-state index in [9.17, 15) is 0 Å². The molecule has 2 rings (SSSR count). The average Bonchev–Trinajstić information content (AvgIpc) is 3.21. The van der Waals surface area contributed by atoms with Crippen molar-refractivity contribution >= 4 is 0 Å². The van der Waals surface area contributed by atoms with Gasteiger partial charge in [0.15, 0.2) is 0 Å². The van der Waals surface area contributed by atoms with Gasteiger partial charge in [-0.3, -0.25) is 0 Å².